The fourth-order valence-corrected chi connectivity index (χ4v) is 1.73. The van der Waals surface area contributed by atoms with Crippen molar-refractivity contribution in [3.8, 4) is 17.3 Å². The van der Waals surface area contributed by atoms with Gasteiger partial charge in [-0.05, 0) is 13.0 Å². The quantitative estimate of drug-likeness (QED) is 0.890. The molecule has 1 N–H and O–H groups in total. The molecule has 2 heterocycles. The van der Waals surface area contributed by atoms with E-state index in [1.807, 2.05) is 19.9 Å². The highest BCUT2D eigenvalue weighted by Crippen LogP contribution is 2.20. The number of rotatable bonds is 2. The largest absolute Gasteiger partial charge is 0.310 e. The summed E-state index contributed by atoms with van der Waals surface area (Å²) in [5.74, 6) is 0.757. The Hall–Kier alpha value is -2.48. The molecule has 96 valence electrons. The first kappa shape index (κ1) is 13.0. The number of hydrogen-bond acceptors (Lipinski definition) is 4. The molecule has 0 fully saturated rings. The number of H-pyrrole nitrogens is 1. The highest BCUT2D eigenvalue weighted by Gasteiger charge is 2.12. The maximum Gasteiger partial charge on any atom is 0.254 e. The molecule has 2 aromatic heterocycles. The topological polar surface area (TPSA) is 82.4 Å². The van der Waals surface area contributed by atoms with Crippen LogP contribution in [0.1, 0.15) is 36.7 Å². The second kappa shape index (κ2) is 5.02. The lowest BCUT2D eigenvalue weighted by atomic mass is 10.1. The summed E-state index contributed by atoms with van der Waals surface area (Å²) in [7, 11) is 0. The summed E-state index contributed by atoms with van der Waals surface area (Å²) in [6, 6.07) is 3.72. The molecule has 0 aliphatic heterocycles. The first-order valence-corrected chi connectivity index (χ1v) is 5.99. The maximum absolute atomic E-state index is 11.9. The van der Waals surface area contributed by atoms with E-state index in [9.17, 15) is 4.79 Å². The first-order chi connectivity index (χ1) is 9.02. The van der Waals surface area contributed by atoms with Gasteiger partial charge in [-0.1, -0.05) is 13.8 Å². The molecule has 0 aliphatic carbocycles. The molecule has 0 aromatic carbocycles. The Labute approximate surface area is 111 Å². The molecule has 19 heavy (non-hydrogen) atoms. The summed E-state index contributed by atoms with van der Waals surface area (Å²) < 4.78 is 0. The van der Waals surface area contributed by atoms with Gasteiger partial charge in [-0.2, -0.15) is 5.26 Å². The smallest absolute Gasteiger partial charge is 0.254 e. The van der Waals surface area contributed by atoms with E-state index in [0.717, 1.165) is 0 Å². The third-order valence-electron chi connectivity index (χ3n) is 2.86. The zero-order valence-electron chi connectivity index (χ0n) is 11.1. The zero-order chi connectivity index (χ0) is 14.0. The summed E-state index contributed by atoms with van der Waals surface area (Å²) in [5, 5.41) is 8.90. The summed E-state index contributed by atoms with van der Waals surface area (Å²) in [4.78, 5) is 23.1. The highest BCUT2D eigenvalue weighted by atomic mass is 16.1. The monoisotopic (exact) mass is 254 g/mol. The molecule has 5 nitrogen and oxygen atoms in total. The first-order valence-electron chi connectivity index (χ1n) is 5.99. The number of nitriles is 1. The van der Waals surface area contributed by atoms with Gasteiger partial charge in [0.15, 0.2) is 0 Å². The van der Waals surface area contributed by atoms with Crippen molar-refractivity contribution in [1.82, 2.24) is 15.0 Å². The molecule has 0 spiro atoms. The molecule has 2 rings (SSSR count). The SMILES string of the molecule is Cc1c(-c2cncc(C#N)c2)nc(C(C)C)[nH]c1=O. The predicted molar refractivity (Wildman–Crippen MR) is 71.6 cm³/mol. The molecule has 5 heteroatoms. The van der Waals surface area contributed by atoms with Crippen LogP contribution in [0, 0.1) is 18.3 Å². The second-order valence-corrected chi connectivity index (χ2v) is 4.65. The minimum atomic E-state index is -0.156. The van der Waals surface area contributed by atoms with Crippen LogP contribution in [-0.2, 0) is 0 Å². The molecule has 0 saturated heterocycles. The Bertz CT molecular complexity index is 710. The van der Waals surface area contributed by atoms with Gasteiger partial charge in [-0.15, -0.1) is 0 Å². The average molecular weight is 254 g/mol. The molecular weight excluding hydrogens is 240 g/mol. The van der Waals surface area contributed by atoms with E-state index in [0.29, 0.717) is 28.2 Å². The van der Waals surface area contributed by atoms with E-state index in [1.165, 1.54) is 6.20 Å². The predicted octanol–water partition coefficient (Wildman–Crippen LogP) is 2.14. The van der Waals surface area contributed by atoms with Gasteiger partial charge in [0.25, 0.3) is 5.56 Å². The van der Waals surface area contributed by atoms with Gasteiger partial charge in [0.1, 0.15) is 11.9 Å². The molecule has 0 amide bonds. The van der Waals surface area contributed by atoms with Crippen LogP contribution in [0.25, 0.3) is 11.3 Å². The fourth-order valence-electron chi connectivity index (χ4n) is 1.73. The molecule has 0 saturated carbocycles. The Kier molecular flexibility index (Phi) is 3.43. The minimum Gasteiger partial charge on any atom is -0.310 e. The van der Waals surface area contributed by atoms with Crippen molar-refractivity contribution in [3.63, 3.8) is 0 Å². The van der Waals surface area contributed by atoms with Crippen molar-refractivity contribution in [1.29, 1.82) is 5.26 Å². The number of aromatic amines is 1. The number of nitrogens with one attached hydrogen (secondary N) is 1. The van der Waals surface area contributed by atoms with Gasteiger partial charge >= 0.3 is 0 Å². The van der Waals surface area contributed by atoms with Gasteiger partial charge in [-0.3, -0.25) is 9.78 Å². The zero-order valence-corrected chi connectivity index (χ0v) is 11.1. The van der Waals surface area contributed by atoms with Gasteiger partial charge in [-0.25, -0.2) is 4.98 Å². The Morgan fingerprint density at radius 2 is 2.11 bits per heavy atom. The van der Waals surface area contributed by atoms with Crippen molar-refractivity contribution in [2.24, 2.45) is 0 Å². The Morgan fingerprint density at radius 1 is 1.37 bits per heavy atom. The van der Waals surface area contributed by atoms with E-state index in [1.54, 1.807) is 19.2 Å². The van der Waals surface area contributed by atoms with E-state index in [-0.39, 0.29) is 11.5 Å². The van der Waals surface area contributed by atoms with E-state index in [2.05, 4.69) is 15.0 Å². The molecule has 0 radical (unpaired) electrons. The summed E-state index contributed by atoms with van der Waals surface area (Å²) in [6.45, 7) is 5.63. The summed E-state index contributed by atoms with van der Waals surface area (Å²) in [5.41, 5.74) is 2.09. The van der Waals surface area contributed by atoms with Crippen molar-refractivity contribution in [2.75, 3.05) is 0 Å². The fraction of sp³-hybridized carbons (Fsp3) is 0.286. The van der Waals surface area contributed by atoms with Crippen LogP contribution in [0.5, 0.6) is 0 Å². The van der Waals surface area contributed by atoms with Gasteiger partial charge < -0.3 is 4.98 Å². The van der Waals surface area contributed by atoms with E-state index in [4.69, 9.17) is 5.26 Å². The van der Waals surface area contributed by atoms with Crippen molar-refractivity contribution >= 4 is 0 Å². The molecule has 0 unspecified atom stereocenters. The molecule has 2 aromatic rings. The van der Waals surface area contributed by atoms with Crippen LogP contribution in [0.15, 0.2) is 23.3 Å². The van der Waals surface area contributed by atoms with E-state index < -0.39 is 0 Å². The number of hydrogen-bond donors (Lipinski definition) is 1. The van der Waals surface area contributed by atoms with Crippen LogP contribution < -0.4 is 5.56 Å². The van der Waals surface area contributed by atoms with Gasteiger partial charge in [0.05, 0.1) is 11.3 Å². The highest BCUT2D eigenvalue weighted by molar-refractivity contribution is 5.63. The number of pyridine rings is 1. The van der Waals surface area contributed by atoms with Gasteiger partial charge in [0, 0.05) is 29.4 Å². The van der Waals surface area contributed by atoms with Crippen LogP contribution in [-0.4, -0.2) is 15.0 Å². The normalized spacial score (nSPS) is 10.5. The lowest BCUT2D eigenvalue weighted by molar-refractivity contribution is 0.764. The summed E-state index contributed by atoms with van der Waals surface area (Å²) >= 11 is 0. The van der Waals surface area contributed by atoms with Crippen molar-refractivity contribution in [3.05, 3.63) is 45.8 Å². The number of nitrogens with zero attached hydrogens (tertiary/aromatic N) is 3. The van der Waals surface area contributed by atoms with Crippen LogP contribution in [0.3, 0.4) is 0 Å². The van der Waals surface area contributed by atoms with Crippen molar-refractivity contribution < 1.29 is 0 Å². The molecular formula is C14H14N4O. The number of aromatic nitrogens is 3. The van der Waals surface area contributed by atoms with Crippen LogP contribution in [0.4, 0.5) is 0 Å². The maximum atomic E-state index is 11.9. The summed E-state index contributed by atoms with van der Waals surface area (Å²) in [6.07, 6.45) is 3.09. The lowest BCUT2D eigenvalue weighted by Crippen LogP contribution is -2.17. The third-order valence-corrected chi connectivity index (χ3v) is 2.86. The Morgan fingerprint density at radius 3 is 2.74 bits per heavy atom. The van der Waals surface area contributed by atoms with E-state index >= 15 is 0 Å². The van der Waals surface area contributed by atoms with Crippen molar-refractivity contribution in [2.45, 2.75) is 26.7 Å². The van der Waals surface area contributed by atoms with Crippen LogP contribution in [0.2, 0.25) is 0 Å². The minimum absolute atomic E-state index is 0.124. The average Bonchev–Trinajstić information content (AvgIpc) is 2.41. The molecule has 0 bridgehead atoms. The molecule has 0 aliphatic rings. The Balaban J connectivity index is 2.67. The lowest BCUT2D eigenvalue weighted by Gasteiger charge is -2.09. The molecule has 0 atom stereocenters. The van der Waals surface area contributed by atoms with Gasteiger partial charge in [0.2, 0.25) is 0 Å². The van der Waals surface area contributed by atoms with Crippen LogP contribution >= 0.6 is 0 Å². The second-order valence-electron chi connectivity index (χ2n) is 4.65. The third kappa shape index (κ3) is 2.52. The standard InChI is InChI=1S/C14H14N4O/c1-8(2)13-17-12(9(3)14(19)18-13)11-4-10(5-15)6-16-7-11/h4,6-8H,1-3H3,(H,17,18,19).